The first-order chi connectivity index (χ1) is 9.26. The average Bonchev–Trinajstić information content (AvgIpc) is 2.32. The zero-order valence-electron chi connectivity index (χ0n) is 13.0. The average molecular weight is 283 g/mol. The van der Waals surface area contributed by atoms with Crippen molar-refractivity contribution in [2.45, 2.75) is 70.9 Å². The van der Waals surface area contributed by atoms with Gasteiger partial charge < -0.3 is 16.4 Å². The molecule has 5 heteroatoms. The largest absolute Gasteiger partial charge is 0.350 e. The summed E-state index contributed by atoms with van der Waals surface area (Å²) in [4.78, 5) is 23.3. The Labute approximate surface area is 122 Å². The number of rotatable bonds is 5. The quantitative estimate of drug-likeness (QED) is 0.711. The Morgan fingerprint density at radius 2 is 1.90 bits per heavy atom. The molecule has 5 nitrogen and oxygen atoms in total. The fourth-order valence-corrected chi connectivity index (χ4v) is 2.66. The molecule has 20 heavy (non-hydrogen) atoms. The van der Waals surface area contributed by atoms with Crippen molar-refractivity contribution in [1.29, 1.82) is 0 Å². The Morgan fingerprint density at radius 3 is 2.50 bits per heavy atom. The van der Waals surface area contributed by atoms with Gasteiger partial charge in [0, 0.05) is 18.0 Å². The molecule has 0 spiro atoms. The van der Waals surface area contributed by atoms with E-state index in [2.05, 4.69) is 10.6 Å². The van der Waals surface area contributed by atoms with Crippen molar-refractivity contribution in [2.24, 2.45) is 11.7 Å². The number of amides is 2. The molecule has 0 aromatic rings. The Morgan fingerprint density at radius 1 is 1.20 bits per heavy atom. The van der Waals surface area contributed by atoms with Crippen molar-refractivity contribution < 1.29 is 9.59 Å². The highest BCUT2D eigenvalue weighted by atomic mass is 16.2. The van der Waals surface area contributed by atoms with Gasteiger partial charge in [-0.25, -0.2) is 0 Å². The van der Waals surface area contributed by atoms with Crippen LogP contribution in [0.2, 0.25) is 0 Å². The summed E-state index contributed by atoms with van der Waals surface area (Å²) in [7, 11) is 0. The first-order valence-corrected chi connectivity index (χ1v) is 7.59. The fraction of sp³-hybridized carbons (Fsp3) is 0.867. The van der Waals surface area contributed by atoms with Gasteiger partial charge in [-0.3, -0.25) is 9.59 Å². The van der Waals surface area contributed by atoms with E-state index in [9.17, 15) is 9.59 Å². The van der Waals surface area contributed by atoms with Crippen LogP contribution in [0.3, 0.4) is 0 Å². The van der Waals surface area contributed by atoms with Gasteiger partial charge in [0.15, 0.2) is 0 Å². The molecule has 1 rings (SSSR count). The molecule has 1 aliphatic carbocycles. The minimum Gasteiger partial charge on any atom is -0.350 e. The summed E-state index contributed by atoms with van der Waals surface area (Å²) < 4.78 is 0. The fourth-order valence-electron chi connectivity index (χ4n) is 2.66. The van der Waals surface area contributed by atoms with E-state index >= 15 is 0 Å². The normalized spacial score (nSPS) is 23.2. The summed E-state index contributed by atoms with van der Waals surface area (Å²) in [5.41, 5.74) is 5.67. The second kappa shape index (κ2) is 7.62. The second-order valence-electron chi connectivity index (χ2n) is 6.91. The number of hydrogen-bond acceptors (Lipinski definition) is 3. The predicted octanol–water partition coefficient (Wildman–Crippen LogP) is 1.31. The molecule has 0 aliphatic heterocycles. The van der Waals surface area contributed by atoms with Gasteiger partial charge in [0.25, 0.3) is 0 Å². The number of hydrogen-bond donors (Lipinski definition) is 3. The van der Waals surface area contributed by atoms with Crippen LogP contribution in [0, 0.1) is 5.92 Å². The SMILES string of the molecule is CC(C)(C)NC(=O)CNC(=O)CCC1CCCC(N)C1. The van der Waals surface area contributed by atoms with Gasteiger partial charge in [-0.05, 0) is 46.0 Å². The van der Waals surface area contributed by atoms with Crippen molar-refractivity contribution in [3.05, 3.63) is 0 Å². The molecule has 0 bridgehead atoms. The van der Waals surface area contributed by atoms with E-state index in [0.717, 1.165) is 19.3 Å². The van der Waals surface area contributed by atoms with E-state index in [0.29, 0.717) is 18.4 Å². The van der Waals surface area contributed by atoms with E-state index < -0.39 is 0 Å². The van der Waals surface area contributed by atoms with Gasteiger partial charge in [0.05, 0.1) is 6.54 Å². The van der Waals surface area contributed by atoms with Crippen LogP contribution in [0.1, 0.15) is 59.3 Å². The minimum absolute atomic E-state index is 0.0480. The summed E-state index contributed by atoms with van der Waals surface area (Å²) >= 11 is 0. The van der Waals surface area contributed by atoms with E-state index in [1.807, 2.05) is 20.8 Å². The monoisotopic (exact) mass is 283 g/mol. The van der Waals surface area contributed by atoms with E-state index in [1.165, 1.54) is 12.8 Å². The van der Waals surface area contributed by atoms with Crippen molar-refractivity contribution in [1.82, 2.24) is 10.6 Å². The number of carbonyl (C=O) groups is 2. The predicted molar refractivity (Wildman–Crippen MR) is 80.1 cm³/mol. The van der Waals surface area contributed by atoms with Crippen molar-refractivity contribution in [2.75, 3.05) is 6.54 Å². The number of nitrogens with two attached hydrogens (primary N) is 1. The molecule has 0 saturated heterocycles. The Balaban J connectivity index is 2.15. The van der Waals surface area contributed by atoms with E-state index in [4.69, 9.17) is 5.73 Å². The molecule has 0 aromatic carbocycles. The lowest BCUT2D eigenvalue weighted by Gasteiger charge is -2.26. The molecule has 0 aromatic heterocycles. The van der Waals surface area contributed by atoms with Gasteiger partial charge in [-0.2, -0.15) is 0 Å². The summed E-state index contributed by atoms with van der Waals surface area (Å²) in [6.45, 7) is 5.80. The second-order valence-corrected chi connectivity index (χ2v) is 6.91. The lowest BCUT2D eigenvalue weighted by Crippen LogP contribution is -2.45. The van der Waals surface area contributed by atoms with Gasteiger partial charge in [-0.15, -0.1) is 0 Å². The van der Waals surface area contributed by atoms with Crippen molar-refractivity contribution in [3.8, 4) is 0 Å². The van der Waals surface area contributed by atoms with Crippen LogP contribution in [-0.2, 0) is 9.59 Å². The summed E-state index contributed by atoms with van der Waals surface area (Å²) in [5.74, 6) is 0.367. The molecule has 1 aliphatic rings. The molecule has 1 saturated carbocycles. The summed E-state index contributed by atoms with van der Waals surface area (Å²) in [6, 6.07) is 0.300. The molecule has 1 fully saturated rings. The van der Waals surface area contributed by atoms with Gasteiger partial charge in [0.2, 0.25) is 11.8 Å². The zero-order valence-corrected chi connectivity index (χ0v) is 13.0. The third kappa shape index (κ3) is 7.48. The molecular formula is C15H29N3O2. The van der Waals surface area contributed by atoms with Gasteiger partial charge in [-0.1, -0.05) is 12.8 Å². The van der Waals surface area contributed by atoms with Crippen molar-refractivity contribution in [3.63, 3.8) is 0 Å². The lowest BCUT2D eigenvalue weighted by atomic mass is 9.83. The molecule has 0 radical (unpaired) electrons. The maximum absolute atomic E-state index is 11.7. The molecule has 2 atom stereocenters. The standard InChI is InChI=1S/C15H29N3O2/c1-15(2,3)18-14(20)10-17-13(19)8-7-11-5-4-6-12(16)9-11/h11-12H,4-10,16H2,1-3H3,(H,17,19)(H,18,20). The van der Waals surface area contributed by atoms with Crippen LogP contribution in [0.25, 0.3) is 0 Å². The summed E-state index contributed by atoms with van der Waals surface area (Å²) in [5, 5.41) is 5.49. The zero-order chi connectivity index (χ0) is 15.2. The smallest absolute Gasteiger partial charge is 0.239 e. The number of nitrogens with one attached hydrogen (secondary N) is 2. The highest BCUT2D eigenvalue weighted by Crippen LogP contribution is 2.26. The Bertz CT molecular complexity index is 337. The minimum atomic E-state index is -0.264. The molecular weight excluding hydrogens is 254 g/mol. The van der Waals surface area contributed by atoms with Gasteiger partial charge >= 0.3 is 0 Å². The van der Waals surface area contributed by atoms with Crippen LogP contribution < -0.4 is 16.4 Å². The van der Waals surface area contributed by atoms with E-state index in [1.54, 1.807) is 0 Å². The molecule has 4 N–H and O–H groups in total. The highest BCUT2D eigenvalue weighted by Gasteiger charge is 2.20. The molecule has 2 unspecified atom stereocenters. The molecule has 0 heterocycles. The summed E-state index contributed by atoms with van der Waals surface area (Å²) in [6.07, 6.45) is 5.83. The lowest BCUT2D eigenvalue weighted by molar-refractivity contribution is -0.127. The third-order valence-electron chi connectivity index (χ3n) is 3.56. The maximum Gasteiger partial charge on any atom is 0.239 e. The third-order valence-corrected chi connectivity index (χ3v) is 3.56. The maximum atomic E-state index is 11.7. The van der Waals surface area contributed by atoms with Crippen LogP contribution in [-0.4, -0.2) is 29.9 Å². The first kappa shape index (κ1) is 17.0. The highest BCUT2D eigenvalue weighted by molar-refractivity contribution is 5.84. The van der Waals surface area contributed by atoms with Crippen LogP contribution in [0.15, 0.2) is 0 Å². The molecule has 116 valence electrons. The Hall–Kier alpha value is -1.10. The van der Waals surface area contributed by atoms with E-state index in [-0.39, 0.29) is 23.9 Å². The first-order valence-electron chi connectivity index (χ1n) is 7.59. The Kier molecular flexibility index (Phi) is 6.46. The molecule has 2 amide bonds. The van der Waals surface area contributed by atoms with Crippen LogP contribution in [0.5, 0.6) is 0 Å². The van der Waals surface area contributed by atoms with Crippen molar-refractivity contribution >= 4 is 11.8 Å². The number of carbonyl (C=O) groups excluding carboxylic acids is 2. The van der Waals surface area contributed by atoms with Gasteiger partial charge in [0.1, 0.15) is 0 Å². The van der Waals surface area contributed by atoms with Crippen LogP contribution in [0.4, 0.5) is 0 Å². The van der Waals surface area contributed by atoms with Crippen LogP contribution >= 0.6 is 0 Å². The topological polar surface area (TPSA) is 84.2 Å².